The second kappa shape index (κ2) is 3.84. The molecule has 0 radical (unpaired) electrons. The van der Waals surface area contributed by atoms with E-state index in [4.69, 9.17) is 0 Å². The highest BCUT2D eigenvalue weighted by molar-refractivity contribution is 5.40. The van der Waals surface area contributed by atoms with Crippen molar-refractivity contribution in [2.24, 2.45) is 5.18 Å². The third kappa shape index (κ3) is 2.64. The number of aromatic nitrogens is 1. The van der Waals surface area contributed by atoms with Crippen molar-refractivity contribution in [3.05, 3.63) is 33.1 Å². The van der Waals surface area contributed by atoms with Crippen molar-refractivity contribution in [1.29, 1.82) is 0 Å². The number of hydrogen-bond donors (Lipinski definition) is 0. The van der Waals surface area contributed by atoms with E-state index in [1.54, 1.807) is 0 Å². The van der Waals surface area contributed by atoms with Crippen molar-refractivity contribution in [2.75, 3.05) is 0 Å². The molecule has 0 fully saturated rings. The van der Waals surface area contributed by atoms with Gasteiger partial charge in [0.15, 0.2) is 5.69 Å². The Morgan fingerprint density at radius 3 is 2.53 bits per heavy atom. The highest BCUT2D eigenvalue weighted by atomic mass is 19.4. The average molecular weight is 220 g/mol. The smallest absolute Gasteiger partial charge is 0.340 e. The minimum Gasteiger partial charge on any atom is -0.340 e. The topological polar surface area (TPSA) is 51.4 Å². The summed E-state index contributed by atoms with van der Waals surface area (Å²) in [5.74, 6) is 0. The lowest BCUT2D eigenvalue weighted by Crippen LogP contribution is -2.21. The zero-order chi connectivity index (χ0) is 11.6. The molecule has 0 saturated carbocycles. The zero-order valence-corrected chi connectivity index (χ0v) is 7.71. The fourth-order valence-corrected chi connectivity index (χ4v) is 1.14. The summed E-state index contributed by atoms with van der Waals surface area (Å²) in [6.45, 7) is -0.00843. The molecule has 0 aromatic carbocycles. The van der Waals surface area contributed by atoms with Gasteiger partial charge < -0.3 is 4.57 Å². The van der Waals surface area contributed by atoms with Crippen molar-refractivity contribution in [3.63, 3.8) is 0 Å². The molecule has 0 aliphatic carbocycles. The number of halogens is 3. The second-order valence-corrected chi connectivity index (χ2v) is 2.95. The first-order valence-corrected chi connectivity index (χ1v) is 3.95. The van der Waals surface area contributed by atoms with Crippen LogP contribution in [0.5, 0.6) is 0 Å². The Hall–Kier alpha value is -1.66. The maximum atomic E-state index is 12.0. The Kier molecular flexibility index (Phi) is 2.92. The number of nitrogens with zero attached hydrogens (tertiary/aromatic N) is 2. The first-order valence-electron chi connectivity index (χ1n) is 3.95. The number of alkyl halides is 3. The van der Waals surface area contributed by atoms with Crippen LogP contribution in [0.4, 0.5) is 18.9 Å². The Morgan fingerprint density at radius 2 is 2.07 bits per heavy atom. The minimum atomic E-state index is -4.40. The van der Waals surface area contributed by atoms with Crippen LogP contribution in [0.15, 0.2) is 22.2 Å². The molecule has 1 aromatic heterocycles. The van der Waals surface area contributed by atoms with Crippen molar-refractivity contribution in [3.8, 4) is 0 Å². The van der Waals surface area contributed by atoms with Crippen molar-refractivity contribution in [2.45, 2.75) is 19.6 Å². The molecule has 7 heteroatoms. The number of pyridine rings is 1. The summed E-state index contributed by atoms with van der Waals surface area (Å²) in [6, 6.07) is 0.884. The van der Waals surface area contributed by atoms with Crippen LogP contribution in [0.2, 0.25) is 0 Å². The van der Waals surface area contributed by atoms with Crippen molar-refractivity contribution >= 4 is 5.69 Å². The van der Waals surface area contributed by atoms with E-state index in [-0.39, 0.29) is 5.69 Å². The summed E-state index contributed by atoms with van der Waals surface area (Å²) < 4.78 is 36.9. The first kappa shape index (κ1) is 11.4. The fourth-order valence-electron chi connectivity index (χ4n) is 1.14. The minimum absolute atomic E-state index is 0.0881. The standard InChI is InChI=1S/C8H7F3N2O2/c1-5-7(12-15)6(14)2-3-13(5)4-8(9,10)11/h2-3H,4H2,1H3. The lowest BCUT2D eigenvalue weighted by atomic mass is 10.3. The Labute approximate surface area is 82.3 Å². The van der Waals surface area contributed by atoms with Gasteiger partial charge in [-0.15, -0.1) is 4.91 Å². The number of nitroso groups, excluding NO2 is 1. The average Bonchev–Trinajstić information content (AvgIpc) is 2.09. The molecule has 1 aromatic rings. The predicted octanol–water partition coefficient (Wildman–Crippen LogP) is 2.12. The van der Waals surface area contributed by atoms with Gasteiger partial charge in [0.2, 0.25) is 5.43 Å². The molecular formula is C8H7F3N2O2. The monoisotopic (exact) mass is 220 g/mol. The van der Waals surface area contributed by atoms with Crippen molar-refractivity contribution in [1.82, 2.24) is 4.57 Å². The van der Waals surface area contributed by atoms with E-state index >= 15 is 0 Å². The van der Waals surface area contributed by atoms with Crippen LogP contribution in [0.25, 0.3) is 0 Å². The Morgan fingerprint density at radius 1 is 1.47 bits per heavy atom. The van der Waals surface area contributed by atoms with E-state index in [9.17, 15) is 22.9 Å². The van der Waals surface area contributed by atoms with Gasteiger partial charge in [-0.2, -0.15) is 13.2 Å². The SMILES string of the molecule is Cc1c(N=O)c(=O)ccn1CC(F)(F)F. The number of rotatable bonds is 2. The molecule has 1 heterocycles. The normalized spacial score (nSPS) is 11.5. The highest BCUT2D eigenvalue weighted by Gasteiger charge is 2.28. The summed E-state index contributed by atoms with van der Waals surface area (Å²) in [5.41, 5.74) is -1.25. The summed E-state index contributed by atoms with van der Waals surface area (Å²) in [5, 5.41) is 2.41. The molecule has 0 atom stereocenters. The van der Waals surface area contributed by atoms with E-state index < -0.39 is 23.8 Å². The molecule has 0 spiro atoms. The third-order valence-corrected chi connectivity index (χ3v) is 1.85. The molecule has 4 nitrogen and oxygen atoms in total. The van der Waals surface area contributed by atoms with Gasteiger partial charge in [0.1, 0.15) is 6.54 Å². The molecule has 82 valence electrons. The predicted molar refractivity (Wildman–Crippen MR) is 46.9 cm³/mol. The van der Waals surface area contributed by atoms with Gasteiger partial charge in [-0.1, -0.05) is 0 Å². The van der Waals surface area contributed by atoms with Crippen molar-refractivity contribution < 1.29 is 13.2 Å². The van der Waals surface area contributed by atoms with E-state index in [1.807, 2.05) is 0 Å². The van der Waals surface area contributed by atoms with Gasteiger partial charge in [-0.3, -0.25) is 4.79 Å². The van der Waals surface area contributed by atoms with Gasteiger partial charge in [-0.05, 0) is 12.1 Å². The fraction of sp³-hybridized carbons (Fsp3) is 0.375. The molecule has 0 bridgehead atoms. The van der Waals surface area contributed by atoms with Gasteiger partial charge in [0.25, 0.3) is 0 Å². The van der Waals surface area contributed by atoms with Gasteiger partial charge in [-0.25, -0.2) is 0 Å². The Balaban J connectivity index is 3.22. The van der Waals surface area contributed by atoms with E-state index in [2.05, 4.69) is 5.18 Å². The third-order valence-electron chi connectivity index (χ3n) is 1.85. The second-order valence-electron chi connectivity index (χ2n) is 2.95. The van der Waals surface area contributed by atoms with E-state index in [0.717, 1.165) is 16.8 Å². The van der Waals surface area contributed by atoms with Gasteiger partial charge in [0.05, 0.1) is 0 Å². The summed E-state index contributed by atoms with van der Waals surface area (Å²) >= 11 is 0. The lowest BCUT2D eigenvalue weighted by molar-refractivity contribution is -0.140. The molecule has 0 aliphatic heterocycles. The highest BCUT2D eigenvalue weighted by Crippen LogP contribution is 2.20. The van der Waals surface area contributed by atoms with Crippen LogP contribution in [-0.2, 0) is 6.54 Å². The molecule has 0 aliphatic rings. The molecule has 0 N–H and O–H groups in total. The molecule has 0 amide bonds. The summed E-state index contributed by atoms with van der Waals surface area (Å²) in [7, 11) is 0. The quantitative estimate of drug-likeness (QED) is 0.716. The Bertz CT molecular complexity index is 436. The van der Waals surface area contributed by atoms with E-state index in [1.165, 1.54) is 6.92 Å². The van der Waals surface area contributed by atoms with Crippen LogP contribution in [-0.4, -0.2) is 10.7 Å². The van der Waals surface area contributed by atoms with Crippen LogP contribution in [0.3, 0.4) is 0 Å². The molecule has 0 saturated heterocycles. The van der Waals surface area contributed by atoms with Gasteiger partial charge in [0, 0.05) is 18.0 Å². The summed E-state index contributed by atoms with van der Waals surface area (Å²) in [6.07, 6.45) is -3.42. The van der Waals surface area contributed by atoms with Crippen LogP contribution >= 0.6 is 0 Å². The zero-order valence-electron chi connectivity index (χ0n) is 7.71. The van der Waals surface area contributed by atoms with Crippen LogP contribution in [0, 0.1) is 11.8 Å². The van der Waals surface area contributed by atoms with Crippen LogP contribution < -0.4 is 5.43 Å². The number of hydrogen-bond acceptors (Lipinski definition) is 3. The maximum absolute atomic E-state index is 12.0. The van der Waals surface area contributed by atoms with Gasteiger partial charge >= 0.3 is 6.18 Å². The first-order chi connectivity index (χ1) is 6.85. The van der Waals surface area contributed by atoms with E-state index in [0.29, 0.717) is 0 Å². The molecular weight excluding hydrogens is 213 g/mol. The summed E-state index contributed by atoms with van der Waals surface area (Å²) in [4.78, 5) is 21.2. The largest absolute Gasteiger partial charge is 0.406 e. The maximum Gasteiger partial charge on any atom is 0.406 e. The molecule has 1 rings (SSSR count). The molecule has 15 heavy (non-hydrogen) atoms. The van der Waals surface area contributed by atoms with Crippen LogP contribution in [0.1, 0.15) is 5.69 Å². The molecule has 0 unspecified atom stereocenters. The lowest BCUT2D eigenvalue weighted by Gasteiger charge is -2.13.